The summed E-state index contributed by atoms with van der Waals surface area (Å²) in [4.78, 5) is 44.3. The van der Waals surface area contributed by atoms with E-state index in [9.17, 15) is 14.4 Å². The van der Waals surface area contributed by atoms with E-state index in [0.717, 1.165) is 12.1 Å². The predicted molar refractivity (Wildman–Crippen MR) is 104 cm³/mol. The number of aromatic nitrogens is 2. The maximum Gasteiger partial charge on any atom is 0.261 e. The van der Waals surface area contributed by atoms with Crippen LogP contribution in [0.1, 0.15) is 39.8 Å². The number of anilines is 1. The van der Waals surface area contributed by atoms with Crippen LogP contribution in [-0.4, -0.2) is 28.3 Å². The first kappa shape index (κ1) is 18.3. The number of carbonyl (C=O) groups is 2. The van der Waals surface area contributed by atoms with Crippen molar-refractivity contribution in [2.24, 2.45) is 0 Å². The molecule has 3 aromatic rings. The minimum atomic E-state index is -0.551. The smallest absolute Gasteiger partial charge is 0.261 e. The van der Waals surface area contributed by atoms with Gasteiger partial charge in [-0.15, -0.1) is 0 Å². The van der Waals surface area contributed by atoms with E-state index in [1.54, 1.807) is 36.4 Å². The number of fused-ring (bicyclic) bond motifs is 1. The lowest BCUT2D eigenvalue weighted by atomic mass is 10.1. The minimum Gasteiger partial charge on any atom is -0.352 e. The molecular formula is C20H20N4O3. The molecule has 0 spiro atoms. The van der Waals surface area contributed by atoms with Gasteiger partial charge in [0.2, 0.25) is 5.43 Å². The van der Waals surface area contributed by atoms with Crippen LogP contribution in [0, 0.1) is 6.92 Å². The van der Waals surface area contributed by atoms with Crippen molar-refractivity contribution in [3.05, 3.63) is 69.6 Å². The molecule has 0 aliphatic carbocycles. The zero-order valence-electron chi connectivity index (χ0n) is 15.1. The average molecular weight is 364 g/mol. The molecule has 7 nitrogen and oxygen atoms in total. The van der Waals surface area contributed by atoms with E-state index in [1.807, 2.05) is 13.8 Å². The van der Waals surface area contributed by atoms with Crippen molar-refractivity contribution < 1.29 is 9.59 Å². The van der Waals surface area contributed by atoms with E-state index in [0.29, 0.717) is 28.8 Å². The first-order valence-electron chi connectivity index (χ1n) is 8.68. The van der Waals surface area contributed by atoms with Crippen LogP contribution in [0.15, 0.2) is 47.4 Å². The van der Waals surface area contributed by atoms with E-state index in [4.69, 9.17) is 0 Å². The van der Waals surface area contributed by atoms with Crippen molar-refractivity contribution >= 4 is 28.5 Å². The van der Waals surface area contributed by atoms with E-state index in [1.165, 1.54) is 6.20 Å². The van der Waals surface area contributed by atoms with Crippen LogP contribution in [0.4, 0.5) is 5.69 Å². The molecule has 3 N–H and O–H groups in total. The number of nitrogens with zero attached hydrogens (tertiary/aromatic N) is 1. The summed E-state index contributed by atoms with van der Waals surface area (Å²) < 4.78 is 0. The first-order chi connectivity index (χ1) is 13.0. The zero-order chi connectivity index (χ0) is 19.4. The number of pyridine rings is 2. The summed E-state index contributed by atoms with van der Waals surface area (Å²) >= 11 is 0. The van der Waals surface area contributed by atoms with Crippen LogP contribution < -0.4 is 16.1 Å². The molecule has 0 atom stereocenters. The first-order valence-corrected chi connectivity index (χ1v) is 8.68. The Bertz CT molecular complexity index is 1070. The summed E-state index contributed by atoms with van der Waals surface area (Å²) in [5.41, 5.74) is 1.67. The molecule has 138 valence electrons. The van der Waals surface area contributed by atoms with E-state index < -0.39 is 11.3 Å². The van der Waals surface area contributed by atoms with E-state index in [2.05, 4.69) is 20.6 Å². The van der Waals surface area contributed by atoms with Gasteiger partial charge in [-0.25, -0.2) is 4.98 Å². The number of H-pyrrole nitrogens is 1. The Labute approximate surface area is 155 Å². The maximum absolute atomic E-state index is 12.6. The van der Waals surface area contributed by atoms with Crippen LogP contribution in [0.25, 0.3) is 11.0 Å². The van der Waals surface area contributed by atoms with Gasteiger partial charge in [0.25, 0.3) is 11.8 Å². The SMILES string of the molecule is CCCNC(=O)c1cccc(NC(=O)c2c[nH]c3nc(C)ccc3c2=O)c1. The highest BCUT2D eigenvalue weighted by Crippen LogP contribution is 2.13. The third kappa shape index (κ3) is 4.03. The molecular weight excluding hydrogens is 344 g/mol. The van der Waals surface area contributed by atoms with Crippen molar-refractivity contribution in [1.29, 1.82) is 0 Å². The number of amides is 2. The van der Waals surface area contributed by atoms with Gasteiger partial charge in [0, 0.05) is 29.7 Å². The Morgan fingerprint density at radius 1 is 1.15 bits per heavy atom. The Morgan fingerprint density at radius 2 is 1.96 bits per heavy atom. The average Bonchev–Trinajstić information content (AvgIpc) is 2.66. The van der Waals surface area contributed by atoms with Crippen molar-refractivity contribution in [2.75, 3.05) is 11.9 Å². The summed E-state index contributed by atoms with van der Waals surface area (Å²) in [6, 6.07) is 9.94. The third-order valence-corrected chi connectivity index (χ3v) is 4.04. The van der Waals surface area contributed by atoms with Crippen molar-refractivity contribution in [3.8, 4) is 0 Å². The number of nitrogens with one attached hydrogen (secondary N) is 3. The standard InChI is InChI=1S/C20H20N4O3/c1-3-9-21-19(26)13-5-4-6-14(10-13)24-20(27)16-11-22-18-15(17(16)25)8-7-12(2)23-18/h4-8,10-11H,3,9H2,1-2H3,(H,21,26)(H,24,27)(H,22,23,25). The number of hydrogen-bond acceptors (Lipinski definition) is 4. The highest BCUT2D eigenvalue weighted by atomic mass is 16.2. The Kier molecular flexibility index (Phi) is 5.30. The Morgan fingerprint density at radius 3 is 2.74 bits per heavy atom. The fraction of sp³-hybridized carbons (Fsp3) is 0.200. The fourth-order valence-corrected chi connectivity index (χ4v) is 2.65. The number of rotatable bonds is 5. The molecule has 0 aliphatic rings. The molecule has 1 aromatic carbocycles. The van der Waals surface area contributed by atoms with E-state index in [-0.39, 0.29) is 11.5 Å². The lowest BCUT2D eigenvalue weighted by Crippen LogP contribution is -2.24. The lowest BCUT2D eigenvalue weighted by molar-refractivity contribution is 0.0952. The van der Waals surface area contributed by atoms with Crippen LogP contribution in [0.3, 0.4) is 0 Å². The number of aromatic amines is 1. The van der Waals surface area contributed by atoms with Gasteiger partial charge in [-0.1, -0.05) is 13.0 Å². The molecule has 0 unspecified atom stereocenters. The highest BCUT2D eigenvalue weighted by Gasteiger charge is 2.14. The summed E-state index contributed by atoms with van der Waals surface area (Å²) in [6.45, 7) is 4.37. The fourth-order valence-electron chi connectivity index (χ4n) is 2.65. The second-order valence-electron chi connectivity index (χ2n) is 6.17. The molecule has 0 saturated carbocycles. The molecule has 2 aromatic heterocycles. The van der Waals surface area contributed by atoms with Crippen molar-refractivity contribution in [2.45, 2.75) is 20.3 Å². The largest absolute Gasteiger partial charge is 0.352 e. The molecule has 0 radical (unpaired) electrons. The minimum absolute atomic E-state index is 0.0195. The highest BCUT2D eigenvalue weighted by molar-refractivity contribution is 6.06. The predicted octanol–water partition coefficient (Wildman–Crippen LogP) is 2.62. The van der Waals surface area contributed by atoms with Gasteiger partial charge in [-0.05, 0) is 43.7 Å². The second kappa shape index (κ2) is 7.82. The van der Waals surface area contributed by atoms with Crippen molar-refractivity contribution in [1.82, 2.24) is 15.3 Å². The summed E-state index contributed by atoms with van der Waals surface area (Å²) in [5, 5.41) is 5.80. The Hall–Kier alpha value is -3.48. The van der Waals surface area contributed by atoms with Crippen LogP contribution in [0.2, 0.25) is 0 Å². The monoisotopic (exact) mass is 364 g/mol. The van der Waals surface area contributed by atoms with Gasteiger partial charge in [0.1, 0.15) is 11.2 Å². The van der Waals surface area contributed by atoms with Gasteiger partial charge in [0.05, 0.1) is 5.39 Å². The third-order valence-electron chi connectivity index (χ3n) is 4.04. The van der Waals surface area contributed by atoms with Crippen LogP contribution >= 0.6 is 0 Å². The molecule has 0 bridgehead atoms. The lowest BCUT2D eigenvalue weighted by Gasteiger charge is -2.08. The molecule has 2 heterocycles. The number of aryl methyl sites for hydroxylation is 1. The van der Waals surface area contributed by atoms with E-state index >= 15 is 0 Å². The normalized spacial score (nSPS) is 10.6. The number of benzene rings is 1. The molecule has 0 aliphatic heterocycles. The second-order valence-corrected chi connectivity index (χ2v) is 6.17. The Balaban J connectivity index is 1.85. The van der Waals surface area contributed by atoms with Crippen molar-refractivity contribution in [3.63, 3.8) is 0 Å². The number of carbonyl (C=O) groups excluding carboxylic acids is 2. The maximum atomic E-state index is 12.6. The molecule has 0 fully saturated rings. The van der Waals surface area contributed by atoms with Gasteiger partial charge < -0.3 is 15.6 Å². The summed E-state index contributed by atoms with van der Waals surface area (Å²) in [6.07, 6.45) is 2.19. The van der Waals surface area contributed by atoms with Crippen LogP contribution in [-0.2, 0) is 0 Å². The zero-order valence-corrected chi connectivity index (χ0v) is 15.1. The quantitative estimate of drug-likeness (QED) is 0.647. The van der Waals surface area contributed by atoms with Gasteiger partial charge >= 0.3 is 0 Å². The van der Waals surface area contributed by atoms with Crippen LogP contribution in [0.5, 0.6) is 0 Å². The van der Waals surface area contributed by atoms with Gasteiger partial charge in [-0.2, -0.15) is 0 Å². The summed E-state index contributed by atoms with van der Waals surface area (Å²) in [5.74, 6) is -0.761. The van der Waals surface area contributed by atoms with Gasteiger partial charge in [-0.3, -0.25) is 14.4 Å². The topological polar surface area (TPSA) is 104 Å². The number of hydrogen-bond donors (Lipinski definition) is 3. The summed E-state index contributed by atoms with van der Waals surface area (Å²) in [7, 11) is 0. The molecule has 27 heavy (non-hydrogen) atoms. The molecule has 2 amide bonds. The molecule has 0 saturated heterocycles. The van der Waals surface area contributed by atoms with Gasteiger partial charge in [0.15, 0.2) is 0 Å². The molecule has 7 heteroatoms. The molecule has 3 rings (SSSR count).